The Labute approximate surface area is 218 Å². The second-order valence-corrected chi connectivity index (χ2v) is 10.1. The van der Waals surface area contributed by atoms with Crippen molar-refractivity contribution in [3.05, 3.63) is 52.3 Å². The zero-order chi connectivity index (χ0) is 26.4. The number of aromatic nitrogens is 1. The number of nitrogens with one attached hydrogen (secondary N) is 1. The molecule has 3 heterocycles. The topological polar surface area (TPSA) is 93.0 Å². The fourth-order valence-corrected chi connectivity index (χ4v) is 4.94. The van der Waals surface area contributed by atoms with Gasteiger partial charge < -0.3 is 19.5 Å². The standard InChI is InChI=1S/C29H38N4O4/c1-4-22(34)12-6-5-7-13-24(31-27(35)21-18-32(2)19-21)28-30-16-10-15-26(37-28)23-17-20-11-8-9-14-25(20)33(3)29(23)36/h8-9,11,14-15,17,21,24H,4-7,10,12-13,16,18-19H2,1-3H3,(H,31,35)/t24-/m0/s1. The number of nitrogens with zero attached hydrogens (tertiary/aromatic N) is 3. The van der Waals surface area contributed by atoms with Gasteiger partial charge >= 0.3 is 0 Å². The minimum atomic E-state index is -0.383. The van der Waals surface area contributed by atoms with Crippen LogP contribution in [0.25, 0.3) is 16.7 Å². The molecular weight excluding hydrogens is 468 g/mol. The van der Waals surface area contributed by atoms with Crippen molar-refractivity contribution in [3.8, 4) is 0 Å². The van der Waals surface area contributed by atoms with Crippen LogP contribution in [0.4, 0.5) is 0 Å². The van der Waals surface area contributed by atoms with Crippen LogP contribution in [0.15, 0.2) is 46.2 Å². The van der Waals surface area contributed by atoms with Crippen LogP contribution in [0.1, 0.15) is 57.4 Å². The number of aliphatic imine (C=N–C) groups is 1. The predicted molar refractivity (Wildman–Crippen MR) is 146 cm³/mol. The first kappa shape index (κ1) is 26.8. The molecular formula is C29H38N4O4. The van der Waals surface area contributed by atoms with Gasteiger partial charge in [0.1, 0.15) is 17.6 Å². The molecule has 1 aromatic carbocycles. The summed E-state index contributed by atoms with van der Waals surface area (Å²) in [6, 6.07) is 9.25. The molecule has 8 heteroatoms. The molecule has 2 aliphatic rings. The number of likely N-dealkylation sites (tertiary alicyclic amines) is 1. The first-order chi connectivity index (χ1) is 17.9. The van der Waals surface area contributed by atoms with Gasteiger partial charge in [-0.2, -0.15) is 0 Å². The molecule has 2 aliphatic heterocycles. The van der Waals surface area contributed by atoms with Crippen molar-refractivity contribution in [1.29, 1.82) is 0 Å². The van der Waals surface area contributed by atoms with Crippen molar-refractivity contribution >= 4 is 34.3 Å². The minimum Gasteiger partial charge on any atom is -0.441 e. The number of amides is 1. The van der Waals surface area contributed by atoms with Crippen LogP contribution in [-0.2, 0) is 21.4 Å². The summed E-state index contributed by atoms with van der Waals surface area (Å²) in [4.78, 5) is 44.6. The van der Waals surface area contributed by atoms with Gasteiger partial charge in [-0.25, -0.2) is 0 Å². The molecule has 8 nitrogen and oxygen atoms in total. The van der Waals surface area contributed by atoms with Crippen molar-refractivity contribution in [2.45, 2.75) is 57.9 Å². The van der Waals surface area contributed by atoms with Crippen LogP contribution in [-0.4, -0.2) is 59.8 Å². The highest BCUT2D eigenvalue weighted by molar-refractivity contribution is 5.92. The first-order valence-corrected chi connectivity index (χ1v) is 13.4. The van der Waals surface area contributed by atoms with Crippen molar-refractivity contribution in [1.82, 2.24) is 14.8 Å². The predicted octanol–water partition coefficient (Wildman–Crippen LogP) is 3.67. The number of para-hydroxylation sites is 1. The van der Waals surface area contributed by atoms with Gasteiger partial charge in [0.05, 0.1) is 17.0 Å². The van der Waals surface area contributed by atoms with Crippen LogP contribution in [0.2, 0.25) is 0 Å². The number of benzene rings is 1. The molecule has 1 saturated heterocycles. The number of carbonyl (C=O) groups is 2. The molecule has 1 amide bonds. The largest absolute Gasteiger partial charge is 0.441 e. The highest BCUT2D eigenvalue weighted by Gasteiger charge is 2.33. The molecule has 1 atom stereocenters. The zero-order valence-corrected chi connectivity index (χ0v) is 22.2. The summed E-state index contributed by atoms with van der Waals surface area (Å²) in [5.74, 6) is 1.18. The Morgan fingerprint density at radius 1 is 1.16 bits per heavy atom. The molecule has 198 valence electrons. The number of Topliss-reactive ketones (excluding diaryl/α,β-unsaturated/α-hetero) is 1. The Morgan fingerprint density at radius 3 is 2.70 bits per heavy atom. The van der Waals surface area contributed by atoms with E-state index in [2.05, 4.69) is 15.2 Å². The molecule has 1 N–H and O–H groups in total. The minimum absolute atomic E-state index is 0.00644. The summed E-state index contributed by atoms with van der Waals surface area (Å²) in [5, 5.41) is 4.13. The number of pyridine rings is 1. The third kappa shape index (κ3) is 6.55. The monoisotopic (exact) mass is 506 g/mol. The number of fused-ring (bicyclic) bond motifs is 1. The van der Waals surface area contributed by atoms with E-state index in [1.807, 2.05) is 50.4 Å². The van der Waals surface area contributed by atoms with Gasteiger partial charge in [-0.05, 0) is 49.9 Å². The third-order valence-corrected chi connectivity index (χ3v) is 7.23. The number of unbranched alkanes of at least 4 members (excludes halogenated alkanes) is 2. The van der Waals surface area contributed by atoms with Crippen molar-refractivity contribution in [2.24, 2.45) is 18.0 Å². The van der Waals surface area contributed by atoms with Gasteiger partial charge in [-0.15, -0.1) is 0 Å². The second-order valence-electron chi connectivity index (χ2n) is 10.1. The average Bonchev–Trinajstić information content (AvgIpc) is 3.14. The summed E-state index contributed by atoms with van der Waals surface area (Å²) in [6.07, 6.45) is 6.96. The van der Waals surface area contributed by atoms with E-state index in [1.165, 1.54) is 0 Å². The summed E-state index contributed by atoms with van der Waals surface area (Å²) >= 11 is 0. The van der Waals surface area contributed by atoms with E-state index in [0.29, 0.717) is 49.4 Å². The van der Waals surface area contributed by atoms with Crippen LogP contribution < -0.4 is 10.9 Å². The fourth-order valence-electron chi connectivity index (χ4n) is 4.94. The normalized spacial score (nSPS) is 17.3. The van der Waals surface area contributed by atoms with Crippen LogP contribution in [0.5, 0.6) is 0 Å². The van der Waals surface area contributed by atoms with E-state index in [9.17, 15) is 14.4 Å². The van der Waals surface area contributed by atoms with Crippen LogP contribution in [0, 0.1) is 5.92 Å². The summed E-state index contributed by atoms with van der Waals surface area (Å²) in [7, 11) is 3.76. The highest BCUT2D eigenvalue weighted by Crippen LogP contribution is 2.23. The molecule has 2 aromatic rings. The second kappa shape index (κ2) is 12.3. The molecule has 37 heavy (non-hydrogen) atoms. The first-order valence-electron chi connectivity index (χ1n) is 13.4. The number of aryl methyl sites for hydroxylation is 1. The van der Waals surface area contributed by atoms with Gasteiger partial charge in [0.2, 0.25) is 11.8 Å². The SMILES string of the molecule is CCC(=O)CCCCC[C@H](NC(=O)C1CN(C)C1)C1=NCCC=C(c2cc3ccccc3n(C)c2=O)O1. The van der Waals surface area contributed by atoms with E-state index in [-0.39, 0.29) is 29.2 Å². The number of carbonyl (C=O) groups excluding carboxylic acids is 2. The van der Waals surface area contributed by atoms with E-state index in [0.717, 1.165) is 43.3 Å². The van der Waals surface area contributed by atoms with E-state index in [4.69, 9.17) is 4.74 Å². The summed E-state index contributed by atoms with van der Waals surface area (Å²) in [6.45, 7) is 3.89. The molecule has 0 spiro atoms. The molecule has 0 saturated carbocycles. The number of hydrogen-bond acceptors (Lipinski definition) is 6. The lowest BCUT2D eigenvalue weighted by Gasteiger charge is -2.36. The molecule has 0 bridgehead atoms. The smallest absolute Gasteiger partial charge is 0.261 e. The Hall–Kier alpha value is -3.26. The number of hydrogen-bond donors (Lipinski definition) is 1. The highest BCUT2D eigenvalue weighted by atomic mass is 16.5. The lowest BCUT2D eigenvalue weighted by Crippen LogP contribution is -2.54. The van der Waals surface area contributed by atoms with Crippen molar-refractivity contribution in [3.63, 3.8) is 0 Å². The van der Waals surface area contributed by atoms with Gasteiger partial charge in [0.15, 0.2) is 0 Å². The molecule has 0 unspecified atom stereocenters. The lowest BCUT2D eigenvalue weighted by molar-refractivity contribution is -0.130. The van der Waals surface area contributed by atoms with Gasteiger partial charge in [-0.1, -0.05) is 38.0 Å². The third-order valence-electron chi connectivity index (χ3n) is 7.23. The molecule has 0 aliphatic carbocycles. The Bertz CT molecular complexity index is 1260. The molecule has 1 fully saturated rings. The number of rotatable bonds is 11. The van der Waals surface area contributed by atoms with Crippen molar-refractivity contribution in [2.75, 3.05) is 26.7 Å². The zero-order valence-electron chi connectivity index (χ0n) is 22.2. The summed E-state index contributed by atoms with van der Waals surface area (Å²) < 4.78 is 7.97. The van der Waals surface area contributed by atoms with Gasteiger partial charge in [-0.3, -0.25) is 19.4 Å². The maximum Gasteiger partial charge on any atom is 0.261 e. The van der Waals surface area contributed by atoms with E-state index < -0.39 is 0 Å². The quantitative estimate of drug-likeness (QED) is 0.470. The Morgan fingerprint density at radius 2 is 1.95 bits per heavy atom. The van der Waals surface area contributed by atoms with Gasteiger partial charge in [0, 0.05) is 39.5 Å². The van der Waals surface area contributed by atoms with Gasteiger partial charge in [0.25, 0.3) is 5.56 Å². The molecule has 4 rings (SSSR count). The lowest BCUT2D eigenvalue weighted by atomic mass is 9.98. The van der Waals surface area contributed by atoms with Crippen LogP contribution in [0.3, 0.4) is 0 Å². The summed E-state index contributed by atoms with van der Waals surface area (Å²) in [5.41, 5.74) is 1.21. The maximum absolute atomic E-state index is 13.2. The molecule has 1 aromatic heterocycles. The van der Waals surface area contributed by atoms with Crippen molar-refractivity contribution < 1.29 is 14.3 Å². The number of ketones is 1. The maximum atomic E-state index is 13.2. The Balaban J connectivity index is 1.52. The number of ether oxygens (including phenoxy) is 1. The fraction of sp³-hybridized carbons (Fsp3) is 0.517. The Kier molecular flexibility index (Phi) is 8.92. The van der Waals surface area contributed by atoms with E-state index >= 15 is 0 Å². The van der Waals surface area contributed by atoms with E-state index in [1.54, 1.807) is 11.6 Å². The average molecular weight is 507 g/mol. The van der Waals surface area contributed by atoms with Crippen LogP contribution >= 0.6 is 0 Å². The molecule has 0 radical (unpaired) electrons.